The van der Waals surface area contributed by atoms with E-state index in [0.717, 1.165) is 12.1 Å². The summed E-state index contributed by atoms with van der Waals surface area (Å²) in [6, 6.07) is 4.06. The quantitative estimate of drug-likeness (QED) is 0.846. The van der Waals surface area contributed by atoms with E-state index in [1.165, 1.54) is 0 Å². The topological polar surface area (TPSA) is 61.1 Å². The Kier molecular flexibility index (Phi) is 4.41. The minimum absolute atomic E-state index is 0.0575. The van der Waals surface area contributed by atoms with E-state index in [4.69, 9.17) is 22.0 Å². The third-order valence-electron chi connectivity index (χ3n) is 2.21. The summed E-state index contributed by atoms with van der Waals surface area (Å²) in [4.78, 5) is 10.5. The van der Waals surface area contributed by atoms with Crippen molar-refractivity contribution in [3.05, 3.63) is 34.4 Å². The molecule has 1 N–H and O–H groups in total. The monoisotopic (exact) mass is 259 g/mol. The predicted octanol–water partition coefficient (Wildman–Crippen LogP) is 2.86. The van der Waals surface area contributed by atoms with Gasteiger partial charge in [0, 0.05) is 11.4 Å². The van der Waals surface area contributed by atoms with Gasteiger partial charge in [0.15, 0.2) is 0 Å². The van der Waals surface area contributed by atoms with Crippen LogP contribution in [0.1, 0.15) is 28.7 Å². The third-order valence-corrected chi connectivity index (χ3v) is 2.49. The van der Waals surface area contributed by atoms with E-state index in [0.29, 0.717) is 0 Å². The molecule has 0 atom stereocenters. The van der Waals surface area contributed by atoms with Gasteiger partial charge in [-0.25, -0.2) is 8.78 Å². The van der Waals surface area contributed by atoms with E-state index in [1.54, 1.807) is 6.07 Å². The molecule has 0 spiro atoms. The molecule has 0 aromatic heterocycles. The number of nitrogens with zero attached hydrogens (tertiary/aromatic N) is 1. The van der Waals surface area contributed by atoms with Crippen LogP contribution in [-0.4, -0.2) is 11.1 Å². The van der Waals surface area contributed by atoms with Crippen LogP contribution in [0.2, 0.25) is 0 Å². The summed E-state index contributed by atoms with van der Waals surface area (Å²) in [5.41, 5.74) is -0.0424. The highest BCUT2D eigenvalue weighted by molar-refractivity contribution is 6.17. The molecule has 0 aliphatic heterocycles. The number of rotatable bonds is 4. The standard InChI is InChI=1S/C11H8ClF2NO2/c12-4-7-2-9(11(13)14)6(3-10(16)17)1-8(7)5-15/h1-2,11H,3-4H2,(H,16,17). The Morgan fingerprint density at radius 1 is 1.47 bits per heavy atom. The van der Waals surface area contributed by atoms with Crippen LogP contribution in [0.15, 0.2) is 12.1 Å². The van der Waals surface area contributed by atoms with E-state index in [-0.39, 0.29) is 28.1 Å². The van der Waals surface area contributed by atoms with Crippen LogP contribution in [0.25, 0.3) is 0 Å². The van der Waals surface area contributed by atoms with Crippen molar-refractivity contribution in [1.29, 1.82) is 5.26 Å². The van der Waals surface area contributed by atoms with Crippen molar-refractivity contribution >= 4 is 17.6 Å². The first-order valence-electron chi connectivity index (χ1n) is 4.61. The number of aliphatic carboxylic acids is 1. The Labute approximate surface area is 101 Å². The second-order valence-corrected chi connectivity index (χ2v) is 3.59. The van der Waals surface area contributed by atoms with Crippen molar-refractivity contribution in [2.75, 3.05) is 0 Å². The van der Waals surface area contributed by atoms with Gasteiger partial charge in [-0.3, -0.25) is 4.79 Å². The summed E-state index contributed by atoms with van der Waals surface area (Å²) in [6.45, 7) is 0. The van der Waals surface area contributed by atoms with Gasteiger partial charge < -0.3 is 5.11 Å². The number of alkyl halides is 3. The molecule has 1 rings (SSSR count). The Morgan fingerprint density at radius 3 is 2.53 bits per heavy atom. The summed E-state index contributed by atoms with van der Waals surface area (Å²) in [7, 11) is 0. The molecule has 0 saturated carbocycles. The molecule has 0 unspecified atom stereocenters. The average molecular weight is 260 g/mol. The van der Waals surface area contributed by atoms with Gasteiger partial charge in [0.05, 0.1) is 18.1 Å². The van der Waals surface area contributed by atoms with Gasteiger partial charge in [-0.2, -0.15) is 5.26 Å². The summed E-state index contributed by atoms with van der Waals surface area (Å²) in [5, 5.41) is 17.4. The molecule has 0 radical (unpaired) electrons. The van der Waals surface area contributed by atoms with Crippen LogP contribution in [-0.2, 0) is 17.1 Å². The van der Waals surface area contributed by atoms with E-state index in [9.17, 15) is 13.6 Å². The number of carboxylic acid groups (broad SMARTS) is 1. The van der Waals surface area contributed by atoms with Crippen molar-refractivity contribution in [2.45, 2.75) is 18.7 Å². The van der Waals surface area contributed by atoms with Gasteiger partial charge in [0.2, 0.25) is 0 Å². The molecule has 1 aromatic carbocycles. The maximum absolute atomic E-state index is 12.7. The molecule has 0 aliphatic carbocycles. The second kappa shape index (κ2) is 5.60. The van der Waals surface area contributed by atoms with Crippen molar-refractivity contribution in [2.24, 2.45) is 0 Å². The first kappa shape index (κ1) is 13.4. The van der Waals surface area contributed by atoms with Gasteiger partial charge in [-0.1, -0.05) is 0 Å². The first-order valence-corrected chi connectivity index (χ1v) is 5.14. The Bertz CT molecular complexity index is 483. The summed E-state index contributed by atoms with van der Waals surface area (Å²) >= 11 is 5.53. The van der Waals surface area contributed by atoms with E-state index >= 15 is 0 Å². The fraction of sp³-hybridized carbons (Fsp3) is 0.273. The van der Waals surface area contributed by atoms with Gasteiger partial charge in [-0.05, 0) is 23.3 Å². The van der Waals surface area contributed by atoms with Crippen LogP contribution in [0.4, 0.5) is 8.78 Å². The van der Waals surface area contributed by atoms with E-state index in [1.807, 2.05) is 0 Å². The number of nitriles is 1. The molecule has 0 bridgehead atoms. The fourth-order valence-electron chi connectivity index (χ4n) is 1.44. The van der Waals surface area contributed by atoms with Crippen LogP contribution < -0.4 is 0 Å². The van der Waals surface area contributed by atoms with E-state index in [2.05, 4.69) is 0 Å². The lowest BCUT2D eigenvalue weighted by molar-refractivity contribution is -0.136. The molecular weight excluding hydrogens is 252 g/mol. The fourth-order valence-corrected chi connectivity index (χ4v) is 1.66. The molecule has 17 heavy (non-hydrogen) atoms. The number of carbonyl (C=O) groups is 1. The molecule has 0 heterocycles. The molecule has 0 fully saturated rings. The lowest BCUT2D eigenvalue weighted by Crippen LogP contribution is -2.06. The van der Waals surface area contributed by atoms with Crippen molar-refractivity contribution in [3.8, 4) is 6.07 Å². The average Bonchev–Trinajstić information content (AvgIpc) is 2.27. The van der Waals surface area contributed by atoms with Crippen LogP contribution in [0, 0.1) is 11.3 Å². The minimum Gasteiger partial charge on any atom is -0.481 e. The highest BCUT2D eigenvalue weighted by Gasteiger charge is 2.18. The molecule has 0 amide bonds. The van der Waals surface area contributed by atoms with Gasteiger partial charge in [0.25, 0.3) is 6.43 Å². The highest BCUT2D eigenvalue weighted by atomic mass is 35.5. The molecular formula is C11H8ClF2NO2. The SMILES string of the molecule is N#Cc1cc(CC(=O)O)c(C(F)F)cc1CCl. The first-order chi connectivity index (χ1) is 7.99. The minimum atomic E-state index is -2.79. The molecule has 1 aromatic rings. The van der Waals surface area contributed by atoms with E-state index < -0.39 is 18.8 Å². The summed E-state index contributed by atoms with van der Waals surface area (Å²) in [5.74, 6) is -1.30. The zero-order chi connectivity index (χ0) is 13.0. The lowest BCUT2D eigenvalue weighted by atomic mass is 9.98. The van der Waals surface area contributed by atoms with Crippen molar-refractivity contribution in [3.63, 3.8) is 0 Å². The Morgan fingerprint density at radius 2 is 2.12 bits per heavy atom. The second-order valence-electron chi connectivity index (χ2n) is 3.32. The summed E-state index contributed by atoms with van der Waals surface area (Å²) in [6.07, 6.45) is -3.34. The molecule has 0 saturated heterocycles. The normalized spacial score (nSPS) is 10.3. The number of hydrogen-bond acceptors (Lipinski definition) is 2. The molecule has 0 aliphatic rings. The molecule has 90 valence electrons. The van der Waals surface area contributed by atoms with Crippen molar-refractivity contribution < 1.29 is 18.7 Å². The maximum atomic E-state index is 12.7. The Balaban J connectivity index is 3.36. The van der Waals surface area contributed by atoms with Crippen LogP contribution in [0.5, 0.6) is 0 Å². The number of carboxylic acids is 1. The third kappa shape index (κ3) is 3.14. The molecule has 3 nitrogen and oxygen atoms in total. The predicted molar refractivity (Wildman–Crippen MR) is 57.0 cm³/mol. The van der Waals surface area contributed by atoms with Gasteiger partial charge >= 0.3 is 5.97 Å². The Hall–Kier alpha value is -1.67. The largest absolute Gasteiger partial charge is 0.481 e. The smallest absolute Gasteiger partial charge is 0.307 e. The lowest BCUT2D eigenvalue weighted by Gasteiger charge is -2.10. The maximum Gasteiger partial charge on any atom is 0.307 e. The van der Waals surface area contributed by atoms with Crippen molar-refractivity contribution in [1.82, 2.24) is 0 Å². The van der Waals surface area contributed by atoms with Crippen LogP contribution >= 0.6 is 11.6 Å². The summed E-state index contributed by atoms with van der Waals surface area (Å²) < 4.78 is 25.4. The van der Waals surface area contributed by atoms with Gasteiger partial charge in [-0.15, -0.1) is 11.6 Å². The molecule has 6 heteroatoms. The van der Waals surface area contributed by atoms with Crippen LogP contribution in [0.3, 0.4) is 0 Å². The number of benzene rings is 1. The van der Waals surface area contributed by atoms with Gasteiger partial charge in [0.1, 0.15) is 0 Å². The number of hydrogen-bond donors (Lipinski definition) is 1. The zero-order valence-corrected chi connectivity index (χ0v) is 9.34. The number of halogens is 3. The highest BCUT2D eigenvalue weighted by Crippen LogP contribution is 2.27. The zero-order valence-electron chi connectivity index (χ0n) is 8.58.